The summed E-state index contributed by atoms with van der Waals surface area (Å²) in [5, 5.41) is 16.5. The van der Waals surface area contributed by atoms with Crippen LogP contribution in [0.15, 0.2) is 29.4 Å². The zero-order valence-corrected chi connectivity index (χ0v) is 9.94. The topological polar surface area (TPSA) is 101 Å². The fourth-order valence-corrected chi connectivity index (χ4v) is 1.27. The van der Waals surface area contributed by atoms with Gasteiger partial charge in [-0.15, -0.1) is 0 Å². The Morgan fingerprint density at radius 1 is 1.61 bits per heavy atom. The van der Waals surface area contributed by atoms with Crippen LogP contribution in [0.5, 0.6) is 0 Å². The number of carboxylic acids is 1. The second-order valence-electron chi connectivity index (χ2n) is 3.59. The standard InChI is InChI=1S/C12H16N4O2/c13-7-1-6-11(12(17)18)14-8-2-4-10-5-3-9-15-16-10/h2-5,8-9,11H,1,6-7,13H2,(H,17,18)/b4-2+,14-8?. The van der Waals surface area contributed by atoms with Crippen molar-refractivity contribution in [3.63, 3.8) is 0 Å². The van der Waals surface area contributed by atoms with Crippen molar-refractivity contribution in [3.05, 3.63) is 30.1 Å². The zero-order valence-electron chi connectivity index (χ0n) is 9.94. The van der Waals surface area contributed by atoms with E-state index in [0.29, 0.717) is 25.1 Å². The summed E-state index contributed by atoms with van der Waals surface area (Å²) < 4.78 is 0. The highest BCUT2D eigenvalue weighted by Gasteiger charge is 2.13. The molecule has 6 heteroatoms. The van der Waals surface area contributed by atoms with Gasteiger partial charge in [0.15, 0.2) is 0 Å². The molecule has 0 amide bonds. The molecule has 0 saturated carbocycles. The maximum Gasteiger partial charge on any atom is 0.328 e. The summed E-state index contributed by atoms with van der Waals surface area (Å²) >= 11 is 0. The van der Waals surface area contributed by atoms with E-state index in [2.05, 4.69) is 15.2 Å². The number of aliphatic carboxylic acids is 1. The molecule has 0 bridgehead atoms. The maximum atomic E-state index is 10.9. The normalized spacial score (nSPS) is 13.2. The summed E-state index contributed by atoms with van der Waals surface area (Å²) in [5.41, 5.74) is 6.03. The highest BCUT2D eigenvalue weighted by atomic mass is 16.4. The van der Waals surface area contributed by atoms with Gasteiger partial charge in [0.05, 0.1) is 5.69 Å². The molecule has 18 heavy (non-hydrogen) atoms. The number of nitrogens with zero attached hydrogens (tertiary/aromatic N) is 3. The van der Waals surface area contributed by atoms with Crippen molar-refractivity contribution in [3.8, 4) is 0 Å². The van der Waals surface area contributed by atoms with Gasteiger partial charge in [0.1, 0.15) is 6.04 Å². The van der Waals surface area contributed by atoms with Gasteiger partial charge in [-0.3, -0.25) is 4.99 Å². The van der Waals surface area contributed by atoms with E-state index in [4.69, 9.17) is 10.8 Å². The Balaban J connectivity index is 2.51. The number of allylic oxidation sites excluding steroid dienone is 1. The molecule has 0 spiro atoms. The van der Waals surface area contributed by atoms with E-state index >= 15 is 0 Å². The van der Waals surface area contributed by atoms with Gasteiger partial charge in [-0.2, -0.15) is 10.2 Å². The number of hydrogen-bond acceptors (Lipinski definition) is 5. The number of nitrogens with two attached hydrogens (primary N) is 1. The summed E-state index contributed by atoms with van der Waals surface area (Å²) in [6, 6.07) is 2.83. The van der Waals surface area contributed by atoms with E-state index in [-0.39, 0.29) is 0 Å². The van der Waals surface area contributed by atoms with Crippen LogP contribution in [0.1, 0.15) is 18.5 Å². The van der Waals surface area contributed by atoms with Crippen molar-refractivity contribution in [1.29, 1.82) is 0 Å². The third-order valence-electron chi connectivity index (χ3n) is 2.18. The minimum Gasteiger partial charge on any atom is -0.480 e. The molecule has 1 atom stereocenters. The number of hydrogen-bond donors (Lipinski definition) is 2. The average molecular weight is 248 g/mol. The molecule has 0 aromatic carbocycles. The van der Waals surface area contributed by atoms with E-state index in [0.717, 1.165) is 0 Å². The Bertz CT molecular complexity index is 417. The summed E-state index contributed by atoms with van der Waals surface area (Å²) in [7, 11) is 0. The van der Waals surface area contributed by atoms with Gasteiger partial charge in [0.2, 0.25) is 0 Å². The number of carbonyl (C=O) groups is 1. The molecule has 1 heterocycles. The fraction of sp³-hybridized carbons (Fsp3) is 0.333. The van der Waals surface area contributed by atoms with Crippen LogP contribution in [0, 0.1) is 0 Å². The van der Waals surface area contributed by atoms with Crippen molar-refractivity contribution in [1.82, 2.24) is 10.2 Å². The van der Waals surface area contributed by atoms with E-state index in [1.165, 1.54) is 6.21 Å². The molecule has 0 saturated heterocycles. The average Bonchev–Trinajstić information content (AvgIpc) is 2.38. The Morgan fingerprint density at radius 2 is 2.44 bits per heavy atom. The number of aliphatic imine (C=N–C) groups is 1. The molecule has 1 unspecified atom stereocenters. The van der Waals surface area contributed by atoms with Crippen molar-refractivity contribution >= 4 is 18.3 Å². The van der Waals surface area contributed by atoms with E-state index in [9.17, 15) is 4.79 Å². The molecule has 1 aromatic heterocycles. The third-order valence-corrected chi connectivity index (χ3v) is 2.18. The lowest BCUT2D eigenvalue weighted by Gasteiger charge is -2.04. The quantitative estimate of drug-likeness (QED) is 0.693. The second kappa shape index (κ2) is 8.08. The molecule has 1 rings (SSSR count). The first kappa shape index (κ1) is 14.0. The van der Waals surface area contributed by atoms with E-state index in [1.807, 2.05) is 0 Å². The summed E-state index contributed by atoms with van der Waals surface area (Å²) in [5.74, 6) is -0.937. The van der Waals surface area contributed by atoms with Crippen molar-refractivity contribution in [2.75, 3.05) is 6.54 Å². The fourth-order valence-electron chi connectivity index (χ4n) is 1.27. The van der Waals surface area contributed by atoms with Crippen LogP contribution in [0.3, 0.4) is 0 Å². The summed E-state index contributed by atoms with van der Waals surface area (Å²) in [4.78, 5) is 14.8. The smallest absolute Gasteiger partial charge is 0.328 e. The highest BCUT2D eigenvalue weighted by molar-refractivity contribution is 5.81. The molecule has 1 aromatic rings. The Morgan fingerprint density at radius 3 is 3.06 bits per heavy atom. The first-order valence-electron chi connectivity index (χ1n) is 5.64. The van der Waals surface area contributed by atoms with Crippen LogP contribution in [0.2, 0.25) is 0 Å². The van der Waals surface area contributed by atoms with Crippen LogP contribution < -0.4 is 5.73 Å². The van der Waals surface area contributed by atoms with E-state index < -0.39 is 12.0 Å². The van der Waals surface area contributed by atoms with Crippen LogP contribution in [0.4, 0.5) is 0 Å². The van der Waals surface area contributed by atoms with Gasteiger partial charge in [0, 0.05) is 12.4 Å². The van der Waals surface area contributed by atoms with Crippen molar-refractivity contribution < 1.29 is 9.90 Å². The molecule has 6 nitrogen and oxygen atoms in total. The second-order valence-corrected chi connectivity index (χ2v) is 3.59. The van der Waals surface area contributed by atoms with Crippen LogP contribution >= 0.6 is 0 Å². The lowest BCUT2D eigenvalue weighted by Crippen LogP contribution is -2.19. The number of aromatic nitrogens is 2. The Kier molecular flexibility index (Phi) is 6.27. The van der Waals surface area contributed by atoms with E-state index in [1.54, 1.807) is 30.5 Å². The molecule has 96 valence electrons. The highest BCUT2D eigenvalue weighted by Crippen LogP contribution is 2.01. The predicted octanol–water partition coefficient (Wildman–Crippen LogP) is 0.753. The number of rotatable bonds is 7. The van der Waals surface area contributed by atoms with Gasteiger partial charge in [-0.25, -0.2) is 4.79 Å². The molecule has 0 fully saturated rings. The van der Waals surface area contributed by atoms with Crippen LogP contribution in [0.25, 0.3) is 6.08 Å². The summed E-state index contributed by atoms with van der Waals surface area (Å²) in [6.07, 6.45) is 7.48. The SMILES string of the molecule is NCCCC(N=C/C=C/c1cccnn1)C(=O)O. The molecule has 3 N–H and O–H groups in total. The zero-order chi connectivity index (χ0) is 13.2. The first-order valence-corrected chi connectivity index (χ1v) is 5.64. The minimum atomic E-state index is -0.937. The molecule has 0 aliphatic carbocycles. The largest absolute Gasteiger partial charge is 0.480 e. The predicted molar refractivity (Wildman–Crippen MR) is 69.3 cm³/mol. The van der Waals surface area contributed by atoms with Crippen molar-refractivity contribution in [2.45, 2.75) is 18.9 Å². The minimum absolute atomic E-state index is 0.446. The van der Waals surface area contributed by atoms with Gasteiger partial charge < -0.3 is 10.8 Å². The molecule has 0 radical (unpaired) electrons. The van der Waals surface area contributed by atoms with Crippen LogP contribution in [-0.4, -0.2) is 40.1 Å². The Labute approximate surface area is 105 Å². The maximum absolute atomic E-state index is 10.9. The lowest BCUT2D eigenvalue weighted by atomic mass is 10.1. The van der Waals surface area contributed by atoms with Gasteiger partial charge in [-0.05, 0) is 43.7 Å². The summed E-state index contributed by atoms with van der Waals surface area (Å²) in [6.45, 7) is 0.467. The monoisotopic (exact) mass is 248 g/mol. The van der Waals surface area contributed by atoms with Crippen LogP contribution in [-0.2, 0) is 4.79 Å². The third kappa shape index (κ3) is 5.31. The lowest BCUT2D eigenvalue weighted by molar-refractivity contribution is -0.138. The number of carboxylic acid groups (broad SMARTS) is 1. The first-order chi connectivity index (χ1) is 8.74. The van der Waals surface area contributed by atoms with Gasteiger partial charge in [0.25, 0.3) is 0 Å². The molecule has 0 aliphatic rings. The Hall–Kier alpha value is -2.08. The van der Waals surface area contributed by atoms with Gasteiger partial charge >= 0.3 is 5.97 Å². The molecular weight excluding hydrogens is 232 g/mol. The van der Waals surface area contributed by atoms with Crippen molar-refractivity contribution in [2.24, 2.45) is 10.7 Å². The molecular formula is C12H16N4O2. The molecule has 0 aliphatic heterocycles. The van der Waals surface area contributed by atoms with Gasteiger partial charge in [-0.1, -0.05) is 0 Å².